The fourth-order valence-corrected chi connectivity index (χ4v) is 6.52. The molecule has 7 nitrogen and oxygen atoms in total. The number of sulfone groups is 3. The third kappa shape index (κ3) is 5.35. The summed E-state index contributed by atoms with van der Waals surface area (Å²) in [6.07, 6.45) is 1.11. The third-order valence-corrected chi connectivity index (χ3v) is 10.1. The summed E-state index contributed by atoms with van der Waals surface area (Å²) in [6, 6.07) is 23.1. The quantitative estimate of drug-likeness (QED) is 0.328. The van der Waals surface area contributed by atoms with Crippen LogP contribution in [0.1, 0.15) is 5.56 Å². The van der Waals surface area contributed by atoms with Crippen LogP contribution in [0.2, 0.25) is 0 Å². The first-order valence-electron chi connectivity index (χ1n) is 10.6. The predicted molar refractivity (Wildman–Crippen MR) is 135 cm³/mol. The molecule has 36 heavy (non-hydrogen) atoms. The molecule has 0 unspecified atom stereocenters. The first-order valence-corrected chi connectivity index (χ1v) is 15.5. The Bertz CT molecular complexity index is 1700. The summed E-state index contributed by atoms with van der Waals surface area (Å²) in [4.78, 5) is 0.252. The molecule has 0 bridgehead atoms. The van der Waals surface area contributed by atoms with E-state index in [9.17, 15) is 25.3 Å². The molecule has 0 atom stereocenters. The minimum atomic E-state index is -3.90. The zero-order valence-corrected chi connectivity index (χ0v) is 21.8. The zero-order chi connectivity index (χ0) is 26.1. The Morgan fingerprint density at radius 3 is 1.06 bits per heavy atom. The van der Waals surface area contributed by atoms with Crippen molar-refractivity contribution < 1.29 is 30.0 Å². The molecule has 4 rings (SSSR count). The highest BCUT2D eigenvalue weighted by molar-refractivity contribution is 7.92. The summed E-state index contributed by atoms with van der Waals surface area (Å²) in [6.45, 7) is 1.85. The third-order valence-electron chi connectivity index (χ3n) is 5.40. The summed E-state index contributed by atoms with van der Waals surface area (Å²) >= 11 is 0. The topological polar surface area (TPSA) is 112 Å². The van der Waals surface area contributed by atoms with Gasteiger partial charge in [-0.3, -0.25) is 0 Å². The molecule has 4 aromatic carbocycles. The van der Waals surface area contributed by atoms with Gasteiger partial charge in [0, 0.05) is 6.26 Å². The van der Waals surface area contributed by atoms with E-state index in [0.29, 0.717) is 11.5 Å². The molecule has 0 spiro atoms. The molecular formula is C26H22O7S3. The van der Waals surface area contributed by atoms with Crippen molar-refractivity contribution in [3.8, 4) is 11.5 Å². The maximum absolute atomic E-state index is 13.1. The lowest BCUT2D eigenvalue weighted by Crippen LogP contribution is -2.05. The predicted octanol–water partition coefficient (Wildman–Crippen LogP) is 4.86. The van der Waals surface area contributed by atoms with Crippen LogP contribution in [0.25, 0.3) is 0 Å². The lowest BCUT2D eigenvalue weighted by Gasteiger charge is -2.09. The minimum absolute atomic E-state index is 0.00376. The van der Waals surface area contributed by atoms with E-state index >= 15 is 0 Å². The molecule has 0 aliphatic carbocycles. The molecule has 10 heteroatoms. The maximum atomic E-state index is 13.1. The lowest BCUT2D eigenvalue weighted by atomic mass is 10.2. The summed E-state index contributed by atoms with van der Waals surface area (Å²) in [5.41, 5.74) is 0.927. The van der Waals surface area contributed by atoms with Crippen LogP contribution in [0.15, 0.2) is 122 Å². The average Bonchev–Trinajstić information content (AvgIpc) is 2.84. The Morgan fingerprint density at radius 2 is 0.722 bits per heavy atom. The molecule has 0 N–H and O–H groups in total. The number of ether oxygens (including phenoxy) is 1. The van der Waals surface area contributed by atoms with Crippen LogP contribution in [0.5, 0.6) is 11.5 Å². The molecule has 4 aromatic rings. The van der Waals surface area contributed by atoms with E-state index in [0.717, 1.165) is 11.8 Å². The molecule has 0 aliphatic rings. The maximum Gasteiger partial charge on any atom is 0.206 e. The summed E-state index contributed by atoms with van der Waals surface area (Å²) < 4.78 is 80.6. The van der Waals surface area contributed by atoms with Gasteiger partial charge in [0.2, 0.25) is 19.7 Å². The number of hydrogen-bond donors (Lipinski definition) is 0. The molecule has 0 heterocycles. The van der Waals surface area contributed by atoms with Crippen molar-refractivity contribution in [3.05, 3.63) is 103 Å². The van der Waals surface area contributed by atoms with Crippen molar-refractivity contribution in [2.75, 3.05) is 6.26 Å². The van der Waals surface area contributed by atoms with E-state index in [2.05, 4.69) is 0 Å². The van der Waals surface area contributed by atoms with Gasteiger partial charge in [-0.1, -0.05) is 17.7 Å². The summed E-state index contributed by atoms with van der Waals surface area (Å²) in [7, 11) is -11.0. The number of aryl methyl sites for hydroxylation is 1. The highest BCUT2D eigenvalue weighted by Crippen LogP contribution is 2.28. The van der Waals surface area contributed by atoms with Crippen molar-refractivity contribution in [3.63, 3.8) is 0 Å². The van der Waals surface area contributed by atoms with Crippen LogP contribution in [-0.2, 0) is 29.5 Å². The molecule has 0 saturated carbocycles. The SMILES string of the molecule is Cc1ccc(S(=O)(=O)c2ccc(S(=O)(=O)c3ccc(Oc4ccc(S(C)(=O)=O)cc4)cc3)cc2)cc1. The smallest absolute Gasteiger partial charge is 0.206 e. The molecule has 0 saturated heterocycles. The molecule has 0 radical (unpaired) electrons. The Hall–Kier alpha value is -3.47. The second-order valence-corrected chi connectivity index (χ2v) is 14.0. The fourth-order valence-electron chi connectivity index (χ4n) is 3.37. The van der Waals surface area contributed by atoms with Gasteiger partial charge in [0.05, 0.1) is 24.5 Å². The molecule has 0 fully saturated rings. The van der Waals surface area contributed by atoms with Crippen LogP contribution in [0, 0.1) is 6.92 Å². The van der Waals surface area contributed by atoms with Crippen molar-refractivity contribution in [2.45, 2.75) is 31.4 Å². The minimum Gasteiger partial charge on any atom is -0.457 e. The summed E-state index contributed by atoms with van der Waals surface area (Å²) in [5.74, 6) is 0.754. The van der Waals surface area contributed by atoms with Gasteiger partial charge in [0.25, 0.3) is 0 Å². The second kappa shape index (κ2) is 9.53. The van der Waals surface area contributed by atoms with Crippen LogP contribution >= 0.6 is 0 Å². The van der Waals surface area contributed by atoms with Crippen molar-refractivity contribution in [1.29, 1.82) is 0 Å². The van der Waals surface area contributed by atoms with Crippen LogP contribution in [-0.4, -0.2) is 31.5 Å². The van der Waals surface area contributed by atoms with Crippen LogP contribution in [0.4, 0.5) is 0 Å². The van der Waals surface area contributed by atoms with E-state index < -0.39 is 29.5 Å². The molecule has 0 amide bonds. The Morgan fingerprint density at radius 1 is 0.444 bits per heavy atom. The number of rotatable bonds is 7. The average molecular weight is 543 g/mol. The van der Waals surface area contributed by atoms with Crippen molar-refractivity contribution in [1.82, 2.24) is 0 Å². The van der Waals surface area contributed by atoms with Gasteiger partial charge in [0.15, 0.2) is 9.84 Å². The second-order valence-electron chi connectivity index (χ2n) is 8.11. The van der Waals surface area contributed by atoms with Gasteiger partial charge in [0.1, 0.15) is 11.5 Å². The van der Waals surface area contributed by atoms with E-state index in [-0.39, 0.29) is 24.5 Å². The lowest BCUT2D eigenvalue weighted by molar-refractivity contribution is 0.481. The standard InChI is InChI=1S/C26H22O7S3/c1-19-3-9-23(10-4-19)35(29,30)25-15-17-26(18-16-25)36(31,32)24-13-7-21(8-14-24)33-20-5-11-22(12-6-20)34(2,27)28/h3-18H,1-2H3. The normalized spacial score (nSPS) is 12.3. The Kier molecular flexibility index (Phi) is 6.78. The van der Waals surface area contributed by atoms with Gasteiger partial charge < -0.3 is 4.74 Å². The van der Waals surface area contributed by atoms with Gasteiger partial charge >= 0.3 is 0 Å². The summed E-state index contributed by atoms with van der Waals surface area (Å²) in [5, 5.41) is 0. The monoisotopic (exact) mass is 542 g/mol. The van der Waals surface area contributed by atoms with Gasteiger partial charge in [-0.25, -0.2) is 25.3 Å². The zero-order valence-electron chi connectivity index (χ0n) is 19.3. The first-order chi connectivity index (χ1) is 16.9. The molecule has 0 aliphatic heterocycles. The van der Waals surface area contributed by atoms with Gasteiger partial charge in [-0.2, -0.15) is 0 Å². The highest BCUT2D eigenvalue weighted by atomic mass is 32.2. The van der Waals surface area contributed by atoms with E-state index in [1.54, 1.807) is 12.1 Å². The molecule has 186 valence electrons. The first kappa shape index (κ1) is 25.6. The largest absolute Gasteiger partial charge is 0.457 e. The Labute approximate surface area is 210 Å². The van der Waals surface area contributed by atoms with E-state index in [4.69, 9.17) is 4.74 Å². The van der Waals surface area contributed by atoms with Crippen LogP contribution in [0.3, 0.4) is 0 Å². The van der Waals surface area contributed by atoms with Crippen LogP contribution < -0.4 is 4.74 Å². The molecule has 0 aromatic heterocycles. The van der Waals surface area contributed by atoms with Crippen molar-refractivity contribution in [2.24, 2.45) is 0 Å². The fraction of sp³-hybridized carbons (Fsp3) is 0.0769. The van der Waals surface area contributed by atoms with Gasteiger partial charge in [-0.05, 0) is 91.9 Å². The number of benzene rings is 4. The molecular weight excluding hydrogens is 520 g/mol. The van der Waals surface area contributed by atoms with Gasteiger partial charge in [-0.15, -0.1) is 0 Å². The number of hydrogen-bond acceptors (Lipinski definition) is 7. The van der Waals surface area contributed by atoms with E-state index in [1.807, 2.05) is 6.92 Å². The van der Waals surface area contributed by atoms with Crippen molar-refractivity contribution >= 4 is 29.5 Å². The Balaban J connectivity index is 1.53. The highest BCUT2D eigenvalue weighted by Gasteiger charge is 2.21. The van der Waals surface area contributed by atoms with E-state index in [1.165, 1.54) is 84.9 Å².